The fourth-order valence-corrected chi connectivity index (χ4v) is 1.80. The topological polar surface area (TPSA) is 97.6 Å². The van der Waals surface area contributed by atoms with E-state index in [1.165, 1.54) is 32.4 Å². The molecule has 7 nitrogen and oxygen atoms in total. The third-order valence-corrected chi connectivity index (χ3v) is 3.73. The molecule has 7 heteroatoms. The summed E-state index contributed by atoms with van der Waals surface area (Å²) in [7, 11) is 2.71. The van der Waals surface area contributed by atoms with Crippen molar-refractivity contribution in [1.82, 2.24) is 5.32 Å². The van der Waals surface area contributed by atoms with Crippen LogP contribution in [0.25, 0.3) is 0 Å². The summed E-state index contributed by atoms with van der Waals surface area (Å²) in [4.78, 5) is 23.5. The summed E-state index contributed by atoms with van der Waals surface area (Å²) in [5.41, 5.74) is -0.665. The number of carbonyl (C=O) groups excluding carboxylic acids is 2. The van der Waals surface area contributed by atoms with Crippen LogP contribution in [0.4, 0.5) is 0 Å². The lowest BCUT2D eigenvalue weighted by Gasteiger charge is -2.27. The Balaban J connectivity index is 2.79. The van der Waals surface area contributed by atoms with Crippen LogP contribution in [0.3, 0.4) is 0 Å². The van der Waals surface area contributed by atoms with Crippen LogP contribution >= 0.6 is 0 Å². The molecule has 0 heterocycles. The average molecular weight is 334 g/mol. The molecule has 0 spiro atoms. The van der Waals surface area contributed by atoms with E-state index in [9.17, 15) is 14.9 Å². The number of nitrogens with one attached hydrogen (secondary N) is 1. The van der Waals surface area contributed by atoms with Crippen LogP contribution in [0.1, 0.15) is 31.1 Å². The van der Waals surface area contributed by atoms with Gasteiger partial charge in [-0.1, -0.05) is 13.8 Å². The Morgan fingerprint density at radius 1 is 1.29 bits per heavy atom. The predicted octanol–water partition coefficient (Wildman–Crippen LogP) is 1.92. The number of ether oxygens (including phenoxy) is 3. The quantitative estimate of drug-likeness (QED) is 0.765. The summed E-state index contributed by atoms with van der Waals surface area (Å²) in [6.07, 6.45) is 0. The van der Waals surface area contributed by atoms with E-state index in [0.717, 1.165) is 0 Å². The van der Waals surface area contributed by atoms with E-state index in [1.54, 1.807) is 6.92 Å². The van der Waals surface area contributed by atoms with Gasteiger partial charge in [-0.25, -0.2) is 4.79 Å². The summed E-state index contributed by atoms with van der Waals surface area (Å²) in [5, 5.41) is 11.9. The van der Waals surface area contributed by atoms with E-state index in [-0.39, 0.29) is 12.5 Å². The molecule has 0 aliphatic rings. The molecular weight excluding hydrogens is 312 g/mol. The highest BCUT2D eigenvalue weighted by Gasteiger charge is 2.30. The Bertz CT molecular complexity index is 651. The lowest BCUT2D eigenvalue weighted by molar-refractivity contribution is -0.124. The monoisotopic (exact) mass is 334 g/mol. The van der Waals surface area contributed by atoms with Crippen LogP contribution in [0, 0.1) is 17.2 Å². The lowest BCUT2D eigenvalue weighted by Crippen LogP contribution is -2.50. The minimum absolute atomic E-state index is 0.0553. The van der Waals surface area contributed by atoms with E-state index >= 15 is 0 Å². The highest BCUT2D eigenvalue weighted by Crippen LogP contribution is 2.28. The molecule has 0 unspecified atom stereocenters. The molecule has 1 N–H and O–H groups in total. The molecule has 0 saturated carbocycles. The number of benzene rings is 1. The molecule has 0 fully saturated rings. The number of methoxy groups -OCH3 is 2. The second-order valence-electron chi connectivity index (χ2n) is 5.66. The number of rotatable bonds is 7. The van der Waals surface area contributed by atoms with Crippen molar-refractivity contribution >= 4 is 11.9 Å². The molecule has 0 saturated heterocycles. The summed E-state index contributed by atoms with van der Waals surface area (Å²) < 4.78 is 15.2. The van der Waals surface area contributed by atoms with Gasteiger partial charge in [0.1, 0.15) is 5.54 Å². The van der Waals surface area contributed by atoms with Crippen LogP contribution in [-0.2, 0) is 9.53 Å². The zero-order valence-electron chi connectivity index (χ0n) is 14.5. The van der Waals surface area contributed by atoms with Crippen LogP contribution < -0.4 is 14.8 Å². The van der Waals surface area contributed by atoms with Crippen molar-refractivity contribution in [3.63, 3.8) is 0 Å². The first-order chi connectivity index (χ1) is 11.3. The standard InChI is InChI=1S/C17H22N2O5/c1-11(2)17(3,10-18)19-15(20)9-24-13-7-6-12(16(21)23-5)8-14(13)22-4/h6-8,11H,9H2,1-5H3,(H,19,20)/t17-/m0/s1. The van der Waals surface area contributed by atoms with Crippen molar-refractivity contribution in [3.05, 3.63) is 23.8 Å². The van der Waals surface area contributed by atoms with Crippen molar-refractivity contribution in [2.75, 3.05) is 20.8 Å². The van der Waals surface area contributed by atoms with Gasteiger partial charge >= 0.3 is 5.97 Å². The van der Waals surface area contributed by atoms with Crippen LogP contribution in [0.2, 0.25) is 0 Å². The number of hydrogen-bond acceptors (Lipinski definition) is 6. The van der Waals surface area contributed by atoms with Crippen molar-refractivity contribution in [1.29, 1.82) is 5.26 Å². The molecule has 0 aliphatic heterocycles. The molecular formula is C17H22N2O5. The molecule has 24 heavy (non-hydrogen) atoms. The Kier molecular flexibility index (Phi) is 6.59. The van der Waals surface area contributed by atoms with Gasteiger partial charge in [-0.2, -0.15) is 5.26 Å². The first-order valence-electron chi connectivity index (χ1n) is 7.38. The predicted molar refractivity (Wildman–Crippen MR) is 86.8 cm³/mol. The second kappa shape index (κ2) is 8.20. The molecule has 0 bridgehead atoms. The molecule has 1 aromatic rings. The normalized spacial score (nSPS) is 12.7. The smallest absolute Gasteiger partial charge is 0.337 e. The highest BCUT2D eigenvalue weighted by atomic mass is 16.5. The van der Waals surface area contributed by atoms with Crippen molar-refractivity contribution < 1.29 is 23.8 Å². The molecule has 0 radical (unpaired) electrons. The van der Waals surface area contributed by atoms with Crippen LogP contribution in [-0.4, -0.2) is 38.2 Å². The van der Waals surface area contributed by atoms with Gasteiger partial charge < -0.3 is 19.5 Å². The van der Waals surface area contributed by atoms with E-state index in [1.807, 2.05) is 13.8 Å². The van der Waals surface area contributed by atoms with Gasteiger partial charge in [0.25, 0.3) is 5.91 Å². The number of esters is 1. The maximum atomic E-state index is 12.0. The van der Waals surface area contributed by atoms with Crippen molar-refractivity contribution in [2.45, 2.75) is 26.3 Å². The van der Waals surface area contributed by atoms with Gasteiger partial charge in [0.05, 0.1) is 25.9 Å². The number of nitriles is 1. The Hall–Kier alpha value is -2.75. The molecule has 1 amide bonds. The molecule has 0 aliphatic carbocycles. The summed E-state index contributed by atoms with van der Waals surface area (Å²) in [5.74, 6) is -0.368. The highest BCUT2D eigenvalue weighted by molar-refractivity contribution is 5.90. The average Bonchev–Trinajstić information content (AvgIpc) is 2.58. The Morgan fingerprint density at radius 3 is 2.46 bits per heavy atom. The molecule has 130 valence electrons. The summed E-state index contributed by atoms with van der Waals surface area (Å²) in [6, 6.07) is 6.58. The summed E-state index contributed by atoms with van der Waals surface area (Å²) >= 11 is 0. The fraction of sp³-hybridized carbons (Fsp3) is 0.471. The molecule has 0 aromatic heterocycles. The van der Waals surface area contributed by atoms with E-state index in [0.29, 0.717) is 17.1 Å². The van der Waals surface area contributed by atoms with Crippen LogP contribution in [0.15, 0.2) is 18.2 Å². The van der Waals surface area contributed by atoms with Gasteiger partial charge in [0.2, 0.25) is 0 Å². The minimum Gasteiger partial charge on any atom is -0.493 e. The third-order valence-electron chi connectivity index (χ3n) is 3.73. The van der Waals surface area contributed by atoms with Crippen molar-refractivity contribution in [2.24, 2.45) is 5.92 Å². The van der Waals surface area contributed by atoms with E-state index < -0.39 is 17.4 Å². The Morgan fingerprint density at radius 2 is 1.96 bits per heavy atom. The zero-order valence-corrected chi connectivity index (χ0v) is 14.5. The van der Waals surface area contributed by atoms with Gasteiger partial charge in [-0.05, 0) is 31.0 Å². The first kappa shape index (κ1) is 19.3. The van der Waals surface area contributed by atoms with E-state index in [2.05, 4.69) is 16.1 Å². The van der Waals surface area contributed by atoms with E-state index in [4.69, 9.17) is 9.47 Å². The summed E-state index contributed by atoms with van der Waals surface area (Å²) in [6.45, 7) is 5.07. The second-order valence-corrected chi connectivity index (χ2v) is 5.66. The fourth-order valence-electron chi connectivity index (χ4n) is 1.80. The van der Waals surface area contributed by atoms with Gasteiger partial charge in [0.15, 0.2) is 18.1 Å². The van der Waals surface area contributed by atoms with Gasteiger partial charge in [-0.15, -0.1) is 0 Å². The molecule has 1 aromatic carbocycles. The van der Waals surface area contributed by atoms with Gasteiger partial charge in [0, 0.05) is 0 Å². The largest absolute Gasteiger partial charge is 0.493 e. The maximum Gasteiger partial charge on any atom is 0.337 e. The first-order valence-corrected chi connectivity index (χ1v) is 7.38. The SMILES string of the molecule is COC(=O)c1ccc(OCC(=O)N[C@@](C)(C#N)C(C)C)c(OC)c1. The molecule has 1 rings (SSSR count). The zero-order chi connectivity index (χ0) is 18.3. The van der Waals surface area contributed by atoms with Gasteiger partial charge in [-0.3, -0.25) is 4.79 Å². The van der Waals surface area contributed by atoms with Crippen LogP contribution in [0.5, 0.6) is 11.5 Å². The lowest BCUT2D eigenvalue weighted by atomic mass is 9.90. The number of carbonyl (C=O) groups is 2. The Labute approximate surface area is 141 Å². The number of amides is 1. The maximum absolute atomic E-state index is 12.0. The number of hydrogen-bond donors (Lipinski definition) is 1. The minimum atomic E-state index is -0.973. The van der Waals surface area contributed by atoms with Crippen molar-refractivity contribution in [3.8, 4) is 17.6 Å². The number of nitrogens with zero attached hydrogens (tertiary/aromatic N) is 1. The third kappa shape index (κ3) is 4.62. The molecule has 1 atom stereocenters.